The highest BCUT2D eigenvalue weighted by atomic mass is 35.5. The van der Waals surface area contributed by atoms with Gasteiger partial charge in [-0.15, -0.1) is 0 Å². The highest BCUT2D eigenvalue weighted by Gasteiger charge is 2.14. The van der Waals surface area contributed by atoms with Crippen molar-refractivity contribution in [3.8, 4) is 0 Å². The zero-order chi connectivity index (χ0) is 14.8. The summed E-state index contributed by atoms with van der Waals surface area (Å²) in [5.41, 5.74) is 2.67. The van der Waals surface area contributed by atoms with Gasteiger partial charge in [-0.1, -0.05) is 30.3 Å². The molecule has 0 aliphatic carbocycles. The van der Waals surface area contributed by atoms with E-state index in [9.17, 15) is 0 Å². The highest BCUT2D eigenvalue weighted by Crippen LogP contribution is 2.25. The Morgan fingerprint density at radius 3 is 2.71 bits per heavy atom. The number of nitrogens with one attached hydrogen (secondary N) is 1. The van der Waals surface area contributed by atoms with Crippen molar-refractivity contribution in [2.45, 2.75) is 26.4 Å². The molecule has 5 nitrogen and oxygen atoms in total. The summed E-state index contributed by atoms with van der Waals surface area (Å²) in [6.07, 6.45) is 1.76. The average molecular weight is 302 g/mol. The second-order valence-electron chi connectivity index (χ2n) is 4.82. The summed E-state index contributed by atoms with van der Waals surface area (Å²) >= 11 is 5.99. The lowest BCUT2D eigenvalue weighted by Gasteiger charge is -2.16. The molecule has 0 radical (unpaired) electrons. The molecule has 1 atom stereocenters. The van der Waals surface area contributed by atoms with Crippen LogP contribution in [0.25, 0.3) is 11.2 Å². The van der Waals surface area contributed by atoms with E-state index < -0.39 is 0 Å². The van der Waals surface area contributed by atoms with Crippen LogP contribution in [0.3, 0.4) is 0 Å². The average Bonchev–Trinajstić information content (AvgIpc) is 2.91. The topological polar surface area (TPSA) is 55.6 Å². The van der Waals surface area contributed by atoms with E-state index in [0.717, 1.165) is 12.1 Å². The van der Waals surface area contributed by atoms with Crippen molar-refractivity contribution in [2.75, 3.05) is 5.32 Å². The van der Waals surface area contributed by atoms with Crippen LogP contribution in [0.5, 0.6) is 0 Å². The molecular formula is C15H16ClN5. The summed E-state index contributed by atoms with van der Waals surface area (Å²) in [7, 11) is 0. The van der Waals surface area contributed by atoms with Crippen molar-refractivity contribution in [2.24, 2.45) is 0 Å². The predicted molar refractivity (Wildman–Crippen MR) is 84.5 cm³/mol. The lowest BCUT2D eigenvalue weighted by Crippen LogP contribution is -2.10. The first kappa shape index (κ1) is 13.8. The summed E-state index contributed by atoms with van der Waals surface area (Å²) < 4.78 is 2.01. The van der Waals surface area contributed by atoms with Gasteiger partial charge in [0, 0.05) is 6.54 Å². The molecule has 1 N–H and O–H groups in total. The number of rotatable bonds is 4. The monoisotopic (exact) mass is 301 g/mol. The Morgan fingerprint density at radius 2 is 2.00 bits per heavy atom. The Bertz CT molecular complexity index is 753. The maximum atomic E-state index is 5.99. The van der Waals surface area contributed by atoms with Gasteiger partial charge in [0.2, 0.25) is 5.28 Å². The van der Waals surface area contributed by atoms with Crippen LogP contribution in [0.2, 0.25) is 5.28 Å². The Hall–Kier alpha value is -2.14. The van der Waals surface area contributed by atoms with Crippen molar-refractivity contribution in [1.82, 2.24) is 19.5 Å². The lowest BCUT2D eigenvalue weighted by atomic mass is 10.1. The van der Waals surface area contributed by atoms with E-state index in [1.807, 2.05) is 22.8 Å². The second-order valence-corrected chi connectivity index (χ2v) is 5.16. The first-order chi connectivity index (χ1) is 10.2. The Morgan fingerprint density at radius 1 is 1.24 bits per heavy atom. The van der Waals surface area contributed by atoms with Gasteiger partial charge in [-0.25, -0.2) is 4.98 Å². The molecule has 6 heteroatoms. The summed E-state index contributed by atoms with van der Waals surface area (Å²) in [4.78, 5) is 12.8. The highest BCUT2D eigenvalue weighted by molar-refractivity contribution is 6.28. The van der Waals surface area contributed by atoms with E-state index in [-0.39, 0.29) is 11.3 Å². The Kier molecular flexibility index (Phi) is 3.75. The molecule has 0 saturated carbocycles. The maximum absolute atomic E-state index is 5.99. The van der Waals surface area contributed by atoms with Crippen LogP contribution in [0.1, 0.15) is 25.5 Å². The molecule has 0 aliphatic heterocycles. The molecule has 0 spiro atoms. The van der Waals surface area contributed by atoms with Crippen LogP contribution in [0.4, 0.5) is 5.82 Å². The molecule has 3 rings (SSSR count). The van der Waals surface area contributed by atoms with Crippen molar-refractivity contribution >= 4 is 28.6 Å². The third-order valence-corrected chi connectivity index (χ3v) is 3.61. The van der Waals surface area contributed by atoms with Gasteiger partial charge in [0.05, 0.1) is 12.4 Å². The molecule has 21 heavy (non-hydrogen) atoms. The molecule has 108 valence electrons. The first-order valence-electron chi connectivity index (χ1n) is 6.89. The number of hydrogen-bond donors (Lipinski definition) is 1. The minimum absolute atomic E-state index is 0.112. The zero-order valence-electron chi connectivity index (χ0n) is 11.9. The van der Waals surface area contributed by atoms with E-state index >= 15 is 0 Å². The lowest BCUT2D eigenvalue weighted by molar-refractivity contribution is 0.783. The number of benzene rings is 1. The summed E-state index contributed by atoms with van der Waals surface area (Å²) in [5.74, 6) is 0.709. The molecule has 0 amide bonds. The minimum atomic E-state index is 0.112. The summed E-state index contributed by atoms with van der Waals surface area (Å²) in [6, 6.07) is 10.3. The number of imidazole rings is 1. The second kappa shape index (κ2) is 5.69. The standard InChI is InChI=1S/C15H16ClN5/c1-3-21-9-17-13-12(21)14(20-15(16)19-13)18-10(2)11-7-5-4-6-8-11/h4-10H,3H2,1-2H3,(H,18,19,20). The largest absolute Gasteiger partial charge is 0.362 e. The van der Waals surface area contributed by atoms with Crippen molar-refractivity contribution in [1.29, 1.82) is 0 Å². The van der Waals surface area contributed by atoms with Gasteiger partial charge in [0.1, 0.15) is 5.52 Å². The van der Waals surface area contributed by atoms with Crippen LogP contribution >= 0.6 is 11.6 Å². The normalized spacial score (nSPS) is 12.5. The quantitative estimate of drug-likeness (QED) is 0.747. The number of anilines is 1. The van der Waals surface area contributed by atoms with Crippen LogP contribution in [-0.4, -0.2) is 19.5 Å². The Balaban J connectivity index is 2.01. The van der Waals surface area contributed by atoms with Gasteiger partial charge in [-0.3, -0.25) is 0 Å². The van der Waals surface area contributed by atoms with E-state index in [2.05, 4.69) is 46.2 Å². The molecule has 0 fully saturated rings. The molecule has 1 aromatic carbocycles. The van der Waals surface area contributed by atoms with E-state index in [4.69, 9.17) is 11.6 Å². The molecule has 1 unspecified atom stereocenters. The number of aryl methyl sites for hydroxylation is 1. The molecule has 0 bridgehead atoms. The fraction of sp³-hybridized carbons (Fsp3) is 0.267. The number of aromatic nitrogens is 4. The van der Waals surface area contributed by atoms with Gasteiger partial charge in [-0.05, 0) is 31.0 Å². The van der Waals surface area contributed by atoms with E-state index in [1.54, 1.807) is 6.33 Å². The van der Waals surface area contributed by atoms with E-state index in [0.29, 0.717) is 11.5 Å². The number of hydrogen-bond acceptors (Lipinski definition) is 4. The van der Waals surface area contributed by atoms with Gasteiger partial charge in [-0.2, -0.15) is 9.97 Å². The van der Waals surface area contributed by atoms with Crippen LogP contribution in [0, 0.1) is 0 Å². The molecule has 0 aliphatic rings. The van der Waals surface area contributed by atoms with Gasteiger partial charge < -0.3 is 9.88 Å². The molecule has 3 aromatic rings. The summed E-state index contributed by atoms with van der Waals surface area (Å²) in [5, 5.41) is 3.61. The van der Waals surface area contributed by atoms with Crippen molar-refractivity contribution < 1.29 is 0 Å². The van der Waals surface area contributed by atoms with Gasteiger partial charge in [0.15, 0.2) is 11.5 Å². The van der Waals surface area contributed by atoms with Crippen LogP contribution in [-0.2, 0) is 6.54 Å². The Labute approximate surface area is 128 Å². The minimum Gasteiger partial charge on any atom is -0.362 e. The SMILES string of the molecule is CCn1cnc2nc(Cl)nc(NC(C)c3ccccc3)c21. The van der Waals surface area contributed by atoms with Crippen LogP contribution < -0.4 is 5.32 Å². The molecule has 0 saturated heterocycles. The first-order valence-corrected chi connectivity index (χ1v) is 7.26. The van der Waals surface area contributed by atoms with Crippen molar-refractivity contribution in [3.63, 3.8) is 0 Å². The molecule has 2 aromatic heterocycles. The number of fused-ring (bicyclic) bond motifs is 1. The zero-order valence-corrected chi connectivity index (χ0v) is 12.7. The predicted octanol–water partition coefficient (Wildman–Crippen LogP) is 3.67. The fourth-order valence-electron chi connectivity index (χ4n) is 2.32. The van der Waals surface area contributed by atoms with Crippen LogP contribution in [0.15, 0.2) is 36.7 Å². The summed E-state index contributed by atoms with van der Waals surface area (Å²) in [6.45, 7) is 4.94. The van der Waals surface area contributed by atoms with Crippen molar-refractivity contribution in [3.05, 3.63) is 47.5 Å². The number of nitrogens with zero attached hydrogens (tertiary/aromatic N) is 4. The van der Waals surface area contributed by atoms with Gasteiger partial charge in [0.25, 0.3) is 0 Å². The molecule has 2 heterocycles. The smallest absolute Gasteiger partial charge is 0.226 e. The van der Waals surface area contributed by atoms with E-state index in [1.165, 1.54) is 5.56 Å². The molecular weight excluding hydrogens is 286 g/mol. The third-order valence-electron chi connectivity index (χ3n) is 3.44. The fourth-order valence-corrected chi connectivity index (χ4v) is 2.49. The van der Waals surface area contributed by atoms with Gasteiger partial charge >= 0.3 is 0 Å². The third kappa shape index (κ3) is 2.69. The number of halogens is 1. The maximum Gasteiger partial charge on any atom is 0.226 e.